The SMILES string of the molecule is C=CCCC(C/C=C(/C)CCO)C(C)=O. The smallest absolute Gasteiger partial charge is 0.133 e. The predicted octanol–water partition coefficient (Wildman–Crippen LogP) is 2.88. The maximum Gasteiger partial charge on any atom is 0.133 e. The van der Waals surface area contributed by atoms with Gasteiger partial charge in [0.2, 0.25) is 0 Å². The average Bonchev–Trinajstić information content (AvgIpc) is 2.17. The molecule has 0 amide bonds. The maximum absolute atomic E-state index is 11.3. The van der Waals surface area contributed by atoms with Gasteiger partial charge in [0.15, 0.2) is 0 Å². The molecule has 0 rings (SSSR count). The number of carbonyl (C=O) groups is 1. The third kappa shape index (κ3) is 7.09. The van der Waals surface area contributed by atoms with Crippen LogP contribution in [0.2, 0.25) is 0 Å². The van der Waals surface area contributed by atoms with Gasteiger partial charge in [-0.1, -0.05) is 17.7 Å². The molecule has 0 bridgehead atoms. The van der Waals surface area contributed by atoms with Crippen LogP contribution in [0.1, 0.15) is 39.5 Å². The summed E-state index contributed by atoms with van der Waals surface area (Å²) in [5.74, 6) is 0.349. The summed E-state index contributed by atoms with van der Waals surface area (Å²) in [7, 11) is 0. The summed E-state index contributed by atoms with van der Waals surface area (Å²) in [6, 6.07) is 0. The molecule has 0 aliphatic heterocycles. The molecule has 0 saturated carbocycles. The van der Waals surface area contributed by atoms with E-state index < -0.39 is 0 Å². The Labute approximate surface area is 92.7 Å². The fourth-order valence-corrected chi connectivity index (χ4v) is 1.43. The Hall–Kier alpha value is -0.890. The first-order valence-electron chi connectivity index (χ1n) is 5.49. The highest BCUT2D eigenvalue weighted by Gasteiger charge is 2.11. The molecular weight excluding hydrogens is 188 g/mol. The zero-order valence-electron chi connectivity index (χ0n) is 9.83. The number of rotatable bonds is 8. The van der Waals surface area contributed by atoms with E-state index in [-0.39, 0.29) is 18.3 Å². The number of carbonyl (C=O) groups excluding carboxylic acids is 1. The molecule has 0 aliphatic rings. The Morgan fingerprint density at radius 1 is 1.47 bits per heavy atom. The Morgan fingerprint density at radius 3 is 2.60 bits per heavy atom. The minimum atomic E-state index is 0.108. The van der Waals surface area contributed by atoms with Gasteiger partial charge in [-0.15, -0.1) is 6.58 Å². The summed E-state index contributed by atoms with van der Waals surface area (Å²) in [5.41, 5.74) is 1.15. The van der Waals surface area contributed by atoms with Crippen LogP contribution in [0.25, 0.3) is 0 Å². The molecule has 0 aromatic heterocycles. The number of Topliss-reactive ketones (excluding diaryl/α,β-unsaturated/α-hetero) is 1. The van der Waals surface area contributed by atoms with Crippen molar-refractivity contribution in [2.45, 2.75) is 39.5 Å². The standard InChI is InChI=1S/C13H22O2/c1-4-5-6-13(12(3)15)8-7-11(2)9-10-14/h4,7,13-14H,1,5-6,8-10H2,2-3H3/b11-7-. The molecule has 2 heteroatoms. The van der Waals surface area contributed by atoms with Crippen molar-refractivity contribution in [3.63, 3.8) is 0 Å². The van der Waals surface area contributed by atoms with Crippen molar-refractivity contribution in [2.24, 2.45) is 5.92 Å². The van der Waals surface area contributed by atoms with Gasteiger partial charge in [-0.25, -0.2) is 0 Å². The van der Waals surface area contributed by atoms with Crippen LogP contribution in [-0.2, 0) is 4.79 Å². The number of ketones is 1. The fraction of sp³-hybridized carbons (Fsp3) is 0.615. The van der Waals surface area contributed by atoms with Crippen molar-refractivity contribution in [1.29, 1.82) is 0 Å². The monoisotopic (exact) mass is 210 g/mol. The molecule has 86 valence electrons. The topological polar surface area (TPSA) is 37.3 Å². The van der Waals surface area contributed by atoms with Gasteiger partial charge in [-0.3, -0.25) is 4.79 Å². The van der Waals surface area contributed by atoms with Crippen LogP contribution in [0.3, 0.4) is 0 Å². The molecule has 0 aromatic rings. The lowest BCUT2D eigenvalue weighted by atomic mass is 9.94. The van der Waals surface area contributed by atoms with Gasteiger partial charge < -0.3 is 5.11 Å². The van der Waals surface area contributed by atoms with E-state index in [1.165, 1.54) is 0 Å². The highest BCUT2D eigenvalue weighted by Crippen LogP contribution is 2.15. The van der Waals surface area contributed by atoms with Crippen molar-refractivity contribution < 1.29 is 9.90 Å². The normalized spacial score (nSPS) is 13.7. The van der Waals surface area contributed by atoms with Crippen molar-refractivity contribution in [1.82, 2.24) is 0 Å². The molecule has 0 aromatic carbocycles. The van der Waals surface area contributed by atoms with E-state index in [2.05, 4.69) is 12.7 Å². The van der Waals surface area contributed by atoms with E-state index >= 15 is 0 Å². The zero-order chi connectivity index (χ0) is 11.7. The Morgan fingerprint density at radius 2 is 2.13 bits per heavy atom. The van der Waals surface area contributed by atoms with Crippen LogP contribution in [0.5, 0.6) is 0 Å². The molecular formula is C13H22O2. The number of aliphatic hydroxyl groups is 1. The zero-order valence-corrected chi connectivity index (χ0v) is 9.83. The highest BCUT2D eigenvalue weighted by molar-refractivity contribution is 5.78. The summed E-state index contributed by atoms with van der Waals surface area (Å²) >= 11 is 0. The molecule has 1 atom stereocenters. The minimum absolute atomic E-state index is 0.108. The lowest BCUT2D eigenvalue weighted by molar-refractivity contribution is -0.120. The van der Waals surface area contributed by atoms with Gasteiger partial charge in [0.1, 0.15) is 5.78 Å². The van der Waals surface area contributed by atoms with E-state index in [1.54, 1.807) is 6.92 Å². The molecule has 0 aliphatic carbocycles. The van der Waals surface area contributed by atoms with Gasteiger partial charge in [0.25, 0.3) is 0 Å². The molecule has 0 spiro atoms. The van der Waals surface area contributed by atoms with E-state index in [0.717, 1.165) is 24.8 Å². The van der Waals surface area contributed by atoms with Crippen LogP contribution in [0.4, 0.5) is 0 Å². The van der Waals surface area contributed by atoms with E-state index in [4.69, 9.17) is 5.11 Å². The summed E-state index contributed by atoms with van der Waals surface area (Å²) in [6.07, 6.45) is 7.16. The van der Waals surface area contributed by atoms with E-state index in [1.807, 2.05) is 13.0 Å². The number of hydrogen-bond acceptors (Lipinski definition) is 2. The molecule has 0 saturated heterocycles. The van der Waals surface area contributed by atoms with Crippen LogP contribution in [0.15, 0.2) is 24.3 Å². The van der Waals surface area contributed by atoms with Crippen LogP contribution in [-0.4, -0.2) is 17.5 Å². The van der Waals surface area contributed by atoms with Crippen molar-refractivity contribution in [3.8, 4) is 0 Å². The molecule has 15 heavy (non-hydrogen) atoms. The quantitative estimate of drug-likeness (QED) is 0.625. The van der Waals surface area contributed by atoms with Gasteiger partial charge in [-0.2, -0.15) is 0 Å². The lowest BCUT2D eigenvalue weighted by Crippen LogP contribution is -2.09. The fourth-order valence-electron chi connectivity index (χ4n) is 1.43. The number of hydrogen-bond donors (Lipinski definition) is 1. The Bertz CT molecular complexity index is 229. The molecule has 1 unspecified atom stereocenters. The van der Waals surface area contributed by atoms with Gasteiger partial charge in [0.05, 0.1) is 0 Å². The summed E-state index contributed by atoms with van der Waals surface area (Å²) in [5, 5.41) is 8.73. The van der Waals surface area contributed by atoms with Crippen molar-refractivity contribution >= 4 is 5.78 Å². The van der Waals surface area contributed by atoms with E-state index in [0.29, 0.717) is 6.42 Å². The van der Waals surface area contributed by atoms with Gasteiger partial charge in [-0.05, 0) is 39.5 Å². The first kappa shape index (κ1) is 14.1. The largest absolute Gasteiger partial charge is 0.396 e. The third-order valence-corrected chi connectivity index (χ3v) is 2.55. The second-order valence-electron chi connectivity index (χ2n) is 3.93. The van der Waals surface area contributed by atoms with Crippen LogP contribution >= 0.6 is 0 Å². The first-order valence-corrected chi connectivity index (χ1v) is 5.49. The van der Waals surface area contributed by atoms with Gasteiger partial charge >= 0.3 is 0 Å². The molecule has 0 radical (unpaired) electrons. The molecule has 2 nitrogen and oxygen atoms in total. The van der Waals surface area contributed by atoms with Gasteiger partial charge in [0, 0.05) is 12.5 Å². The summed E-state index contributed by atoms with van der Waals surface area (Å²) in [4.78, 5) is 11.3. The minimum Gasteiger partial charge on any atom is -0.396 e. The first-order chi connectivity index (χ1) is 7.11. The second-order valence-corrected chi connectivity index (χ2v) is 3.93. The Balaban J connectivity index is 4.10. The highest BCUT2D eigenvalue weighted by atomic mass is 16.2. The third-order valence-electron chi connectivity index (χ3n) is 2.55. The van der Waals surface area contributed by atoms with Crippen LogP contribution in [0, 0.1) is 5.92 Å². The lowest BCUT2D eigenvalue weighted by Gasteiger charge is -2.10. The van der Waals surface area contributed by atoms with Crippen molar-refractivity contribution in [2.75, 3.05) is 6.61 Å². The maximum atomic E-state index is 11.3. The van der Waals surface area contributed by atoms with E-state index in [9.17, 15) is 4.79 Å². The Kier molecular flexibility index (Phi) is 7.92. The number of allylic oxidation sites excluding steroid dienone is 2. The molecule has 1 N–H and O–H groups in total. The van der Waals surface area contributed by atoms with Crippen molar-refractivity contribution in [3.05, 3.63) is 24.3 Å². The second kappa shape index (κ2) is 8.42. The average molecular weight is 210 g/mol. The van der Waals surface area contributed by atoms with Crippen LogP contribution < -0.4 is 0 Å². The molecule has 0 heterocycles. The molecule has 0 fully saturated rings. The predicted molar refractivity (Wildman–Crippen MR) is 63.7 cm³/mol. The summed E-state index contributed by atoms with van der Waals surface area (Å²) in [6.45, 7) is 7.47. The number of aliphatic hydroxyl groups excluding tert-OH is 1. The summed E-state index contributed by atoms with van der Waals surface area (Å²) < 4.78 is 0.